The quantitative estimate of drug-likeness (QED) is 0.941. The van der Waals surface area contributed by atoms with Crippen LogP contribution in [0.25, 0.3) is 0 Å². The maximum atomic E-state index is 12.8. The maximum Gasteiger partial charge on any atom is 0.231 e. The predicted octanol–water partition coefficient (Wildman–Crippen LogP) is 3.24. The molecule has 1 aromatic carbocycles. The minimum atomic E-state index is -0.490. The zero-order chi connectivity index (χ0) is 15.5. The molecule has 2 aromatic rings. The zero-order valence-corrected chi connectivity index (χ0v) is 12.8. The number of hydrogen-bond donors (Lipinski definition) is 1. The van der Waals surface area contributed by atoms with Crippen LogP contribution in [0.1, 0.15) is 25.8 Å². The van der Waals surface area contributed by atoms with Crippen molar-refractivity contribution in [2.24, 2.45) is 5.41 Å². The lowest BCUT2D eigenvalue weighted by Gasteiger charge is -2.15. The van der Waals surface area contributed by atoms with Crippen LogP contribution in [0, 0.1) is 11.2 Å². The summed E-state index contributed by atoms with van der Waals surface area (Å²) in [4.78, 5) is 11.8. The van der Waals surface area contributed by atoms with Gasteiger partial charge in [0, 0.05) is 5.41 Å². The summed E-state index contributed by atoms with van der Waals surface area (Å²) < 4.78 is 18.2. The molecule has 1 N–H and O–H groups in total. The second kappa shape index (κ2) is 6.17. The first kappa shape index (κ1) is 15.4. The number of anilines is 1. The van der Waals surface area contributed by atoms with Gasteiger partial charge in [0.1, 0.15) is 18.2 Å². The van der Waals surface area contributed by atoms with Gasteiger partial charge in [0.05, 0.1) is 0 Å². The highest BCUT2D eigenvalue weighted by Gasteiger charge is 2.22. The molecule has 0 spiro atoms. The number of nitrogens with one attached hydrogen (secondary N) is 1. The lowest BCUT2D eigenvalue weighted by atomic mass is 9.96. The molecule has 2 rings (SSSR count). The van der Waals surface area contributed by atoms with Crippen molar-refractivity contribution >= 4 is 22.4 Å². The molecule has 0 aliphatic carbocycles. The molecule has 112 valence electrons. The first-order chi connectivity index (χ1) is 9.84. The molecule has 5 nitrogen and oxygen atoms in total. The Morgan fingerprint density at radius 1 is 1.29 bits per heavy atom. The fourth-order valence-corrected chi connectivity index (χ4v) is 1.97. The van der Waals surface area contributed by atoms with E-state index in [1.54, 1.807) is 12.1 Å². The highest BCUT2D eigenvalue weighted by molar-refractivity contribution is 7.15. The number of aromatic nitrogens is 2. The molecule has 0 atom stereocenters. The topological polar surface area (TPSA) is 64.1 Å². The summed E-state index contributed by atoms with van der Waals surface area (Å²) in [6.07, 6.45) is 0. The Bertz CT molecular complexity index is 620. The van der Waals surface area contributed by atoms with E-state index >= 15 is 0 Å². The SMILES string of the molecule is CC(C)(C)C(=O)Nc1nnc(COc2ccc(F)cc2)s1. The van der Waals surface area contributed by atoms with E-state index in [1.807, 2.05) is 20.8 Å². The summed E-state index contributed by atoms with van der Waals surface area (Å²) in [6, 6.07) is 5.73. The van der Waals surface area contributed by atoms with Crippen LogP contribution >= 0.6 is 11.3 Å². The van der Waals surface area contributed by atoms with Crippen molar-refractivity contribution in [1.82, 2.24) is 10.2 Å². The fraction of sp³-hybridized carbons (Fsp3) is 0.357. The Morgan fingerprint density at radius 3 is 2.57 bits per heavy atom. The molecule has 0 radical (unpaired) electrons. The highest BCUT2D eigenvalue weighted by Crippen LogP contribution is 2.21. The van der Waals surface area contributed by atoms with Crippen LogP contribution in [-0.2, 0) is 11.4 Å². The summed E-state index contributed by atoms with van der Waals surface area (Å²) in [6.45, 7) is 5.68. The molecule has 0 saturated carbocycles. The van der Waals surface area contributed by atoms with Crippen LogP contribution in [-0.4, -0.2) is 16.1 Å². The van der Waals surface area contributed by atoms with Gasteiger partial charge in [-0.3, -0.25) is 4.79 Å². The number of nitrogens with zero attached hydrogens (tertiary/aromatic N) is 2. The number of carbonyl (C=O) groups excluding carboxylic acids is 1. The van der Waals surface area contributed by atoms with Crippen LogP contribution in [0.4, 0.5) is 9.52 Å². The number of halogens is 1. The molecule has 0 aliphatic heterocycles. The Balaban J connectivity index is 1.91. The number of rotatable bonds is 4. The Kier molecular flexibility index (Phi) is 4.52. The van der Waals surface area contributed by atoms with Gasteiger partial charge in [0.2, 0.25) is 11.0 Å². The molecule has 0 bridgehead atoms. The number of carbonyl (C=O) groups is 1. The molecular formula is C14H16FN3O2S. The fourth-order valence-electron chi connectivity index (χ4n) is 1.32. The van der Waals surface area contributed by atoms with Gasteiger partial charge >= 0.3 is 0 Å². The Labute approximate surface area is 126 Å². The third kappa shape index (κ3) is 4.49. The summed E-state index contributed by atoms with van der Waals surface area (Å²) in [5.74, 6) is 0.113. The Hall–Kier alpha value is -2.02. The van der Waals surface area contributed by atoms with Gasteiger partial charge in [-0.05, 0) is 24.3 Å². The molecule has 1 heterocycles. The summed E-state index contributed by atoms with van der Waals surface area (Å²) >= 11 is 1.25. The molecule has 0 fully saturated rings. The molecule has 0 saturated heterocycles. The average Bonchev–Trinajstić information content (AvgIpc) is 2.85. The number of ether oxygens (including phenoxy) is 1. The molecular weight excluding hydrogens is 293 g/mol. The Morgan fingerprint density at radius 2 is 1.95 bits per heavy atom. The predicted molar refractivity (Wildman–Crippen MR) is 78.7 cm³/mol. The summed E-state index contributed by atoms with van der Waals surface area (Å²) in [5.41, 5.74) is -0.490. The zero-order valence-electron chi connectivity index (χ0n) is 12.0. The van der Waals surface area contributed by atoms with E-state index in [9.17, 15) is 9.18 Å². The normalized spacial score (nSPS) is 11.2. The smallest absolute Gasteiger partial charge is 0.231 e. The monoisotopic (exact) mass is 309 g/mol. The minimum absolute atomic E-state index is 0.121. The first-order valence-corrected chi connectivity index (χ1v) is 7.18. The van der Waals surface area contributed by atoms with E-state index in [-0.39, 0.29) is 18.3 Å². The largest absolute Gasteiger partial charge is 0.486 e. The standard InChI is InChI=1S/C14H16FN3O2S/c1-14(2,3)12(19)16-13-18-17-11(21-13)8-20-10-6-4-9(15)5-7-10/h4-7H,8H2,1-3H3,(H,16,18,19). The van der Waals surface area contributed by atoms with Crippen molar-refractivity contribution in [3.63, 3.8) is 0 Å². The van der Waals surface area contributed by atoms with Gasteiger partial charge in [0.25, 0.3) is 0 Å². The first-order valence-electron chi connectivity index (χ1n) is 6.37. The van der Waals surface area contributed by atoms with E-state index in [0.29, 0.717) is 15.9 Å². The molecule has 21 heavy (non-hydrogen) atoms. The van der Waals surface area contributed by atoms with Crippen molar-refractivity contribution in [2.75, 3.05) is 5.32 Å². The van der Waals surface area contributed by atoms with E-state index < -0.39 is 5.41 Å². The van der Waals surface area contributed by atoms with Gasteiger partial charge in [-0.15, -0.1) is 10.2 Å². The van der Waals surface area contributed by atoms with Gasteiger partial charge in [-0.25, -0.2) is 4.39 Å². The number of benzene rings is 1. The van der Waals surface area contributed by atoms with Crippen molar-refractivity contribution in [3.8, 4) is 5.75 Å². The van der Waals surface area contributed by atoms with Crippen LogP contribution in [0.2, 0.25) is 0 Å². The minimum Gasteiger partial charge on any atom is -0.486 e. The molecule has 0 aliphatic rings. The molecule has 7 heteroatoms. The van der Waals surface area contributed by atoms with Crippen molar-refractivity contribution in [2.45, 2.75) is 27.4 Å². The van der Waals surface area contributed by atoms with E-state index in [1.165, 1.54) is 23.5 Å². The highest BCUT2D eigenvalue weighted by atomic mass is 32.1. The van der Waals surface area contributed by atoms with Gasteiger partial charge in [-0.2, -0.15) is 0 Å². The van der Waals surface area contributed by atoms with E-state index in [0.717, 1.165) is 0 Å². The van der Waals surface area contributed by atoms with Gasteiger partial charge in [-0.1, -0.05) is 32.1 Å². The molecule has 1 aromatic heterocycles. The average molecular weight is 309 g/mol. The van der Waals surface area contributed by atoms with E-state index in [2.05, 4.69) is 15.5 Å². The molecule has 0 unspecified atom stereocenters. The van der Waals surface area contributed by atoms with Crippen LogP contribution in [0.15, 0.2) is 24.3 Å². The lowest BCUT2D eigenvalue weighted by molar-refractivity contribution is -0.123. The number of hydrogen-bond acceptors (Lipinski definition) is 5. The van der Waals surface area contributed by atoms with Crippen molar-refractivity contribution in [1.29, 1.82) is 0 Å². The summed E-state index contributed by atoms with van der Waals surface area (Å²) in [5, 5.41) is 11.6. The molecule has 1 amide bonds. The third-order valence-corrected chi connectivity index (χ3v) is 3.36. The van der Waals surface area contributed by atoms with Crippen LogP contribution < -0.4 is 10.1 Å². The van der Waals surface area contributed by atoms with Crippen molar-refractivity contribution in [3.05, 3.63) is 35.1 Å². The summed E-state index contributed by atoms with van der Waals surface area (Å²) in [7, 11) is 0. The number of amides is 1. The van der Waals surface area contributed by atoms with Crippen LogP contribution in [0.3, 0.4) is 0 Å². The van der Waals surface area contributed by atoms with E-state index in [4.69, 9.17) is 4.74 Å². The third-order valence-electron chi connectivity index (χ3n) is 2.54. The van der Waals surface area contributed by atoms with Crippen LogP contribution in [0.5, 0.6) is 5.75 Å². The second-order valence-electron chi connectivity index (χ2n) is 5.45. The van der Waals surface area contributed by atoms with Gasteiger partial charge < -0.3 is 10.1 Å². The van der Waals surface area contributed by atoms with Gasteiger partial charge in [0.15, 0.2) is 5.01 Å². The maximum absolute atomic E-state index is 12.8. The lowest BCUT2D eigenvalue weighted by Crippen LogP contribution is -2.27. The second-order valence-corrected chi connectivity index (χ2v) is 6.51. The van der Waals surface area contributed by atoms with Crippen molar-refractivity contribution < 1.29 is 13.9 Å².